The van der Waals surface area contributed by atoms with Crippen molar-refractivity contribution in [3.8, 4) is 0 Å². The van der Waals surface area contributed by atoms with Gasteiger partial charge in [0.25, 0.3) is 0 Å². The zero-order valence-electron chi connectivity index (χ0n) is 13.2. The lowest BCUT2D eigenvalue weighted by Gasteiger charge is -2.32. The molecule has 0 aromatic rings. The third-order valence-corrected chi connectivity index (χ3v) is 7.01. The first kappa shape index (κ1) is 13.3. The smallest absolute Gasteiger partial charge is 0.240 e. The molecule has 0 N–H and O–H groups in total. The van der Waals surface area contributed by atoms with Crippen molar-refractivity contribution in [1.82, 2.24) is 4.90 Å². The van der Waals surface area contributed by atoms with Gasteiger partial charge in [0, 0.05) is 11.3 Å². The third kappa shape index (κ3) is 1.31. The predicted molar refractivity (Wildman–Crippen MR) is 80.1 cm³/mol. The SMILES string of the molecule is C[C@@H]1[C@@H](C(=O)N2C(=O)[C@]3(C)C=C[C@H]2C3(C)C)[C@H]2C=C[C@@H]1C2. The first-order chi connectivity index (χ1) is 9.79. The van der Waals surface area contributed by atoms with Gasteiger partial charge in [-0.25, -0.2) is 0 Å². The van der Waals surface area contributed by atoms with Gasteiger partial charge in [0.15, 0.2) is 0 Å². The molecule has 2 amide bonds. The van der Waals surface area contributed by atoms with E-state index in [-0.39, 0.29) is 29.2 Å². The van der Waals surface area contributed by atoms with Crippen LogP contribution in [0.2, 0.25) is 0 Å². The molecule has 0 unspecified atom stereocenters. The van der Waals surface area contributed by atoms with Crippen molar-refractivity contribution in [3.05, 3.63) is 24.3 Å². The van der Waals surface area contributed by atoms with Crippen LogP contribution >= 0.6 is 0 Å². The molecular weight excluding hydrogens is 262 g/mol. The first-order valence-electron chi connectivity index (χ1n) is 8.04. The van der Waals surface area contributed by atoms with E-state index >= 15 is 0 Å². The minimum absolute atomic E-state index is 0.00361. The number of fused-ring (bicyclic) bond motifs is 4. The Kier molecular flexibility index (Phi) is 2.33. The van der Waals surface area contributed by atoms with E-state index in [2.05, 4.69) is 39.0 Å². The second kappa shape index (κ2) is 3.68. The van der Waals surface area contributed by atoms with E-state index in [1.54, 1.807) is 4.90 Å². The molecule has 0 radical (unpaired) electrons. The van der Waals surface area contributed by atoms with E-state index < -0.39 is 5.41 Å². The summed E-state index contributed by atoms with van der Waals surface area (Å²) in [4.78, 5) is 27.6. The van der Waals surface area contributed by atoms with Gasteiger partial charge in [-0.05, 0) is 31.1 Å². The van der Waals surface area contributed by atoms with E-state index in [4.69, 9.17) is 0 Å². The van der Waals surface area contributed by atoms with Crippen LogP contribution in [0.15, 0.2) is 24.3 Å². The number of hydrogen-bond donors (Lipinski definition) is 0. The van der Waals surface area contributed by atoms with Crippen LogP contribution in [0.3, 0.4) is 0 Å². The molecule has 21 heavy (non-hydrogen) atoms. The van der Waals surface area contributed by atoms with E-state index in [1.165, 1.54) is 0 Å². The summed E-state index contributed by atoms with van der Waals surface area (Å²) in [5, 5.41) is 0. The molecule has 112 valence electrons. The topological polar surface area (TPSA) is 37.4 Å². The highest BCUT2D eigenvalue weighted by Crippen LogP contribution is 2.58. The summed E-state index contributed by atoms with van der Waals surface area (Å²) in [6, 6.07) is -0.0715. The number of hydrogen-bond acceptors (Lipinski definition) is 2. The molecule has 1 aliphatic heterocycles. The zero-order chi connectivity index (χ0) is 15.2. The molecule has 0 spiro atoms. The fourth-order valence-corrected chi connectivity index (χ4v) is 5.05. The fraction of sp³-hybridized carbons (Fsp3) is 0.667. The molecule has 3 heteroatoms. The summed E-state index contributed by atoms with van der Waals surface area (Å²) in [6.07, 6.45) is 9.60. The van der Waals surface area contributed by atoms with Crippen LogP contribution in [0, 0.1) is 34.5 Å². The summed E-state index contributed by atoms with van der Waals surface area (Å²) in [6.45, 7) is 8.35. The third-order valence-electron chi connectivity index (χ3n) is 7.01. The Labute approximate surface area is 126 Å². The number of imide groups is 1. The van der Waals surface area contributed by atoms with Crippen LogP contribution in [0.4, 0.5) is 0 Å². The van der Waals surface area contributed by atoms with Crippen molar-refractivity contribution < 1.29 is 9.59 Å². The zero-order valence-corrected chi connectivity index (χ0v) is 13.2. The Hall–Kier alpha value is -1.38. The summed E-state index contributed by atoms with van der Waals surface area (Å²) in [5.41, 5.74) is -0.722. The highest BCUT2D eigenvalue weighted by atomic mass is 16.2. The van der Waals surface area contributed by atoms with Crippen LogP contribution in [-0.2, 0) is 9.59 Å². The molecule has 1 saturated carbocycles. The largest absolute Gasteiger partial charge is 0.274 e. The van der Waals surface area contributed by atoms with Gasteiger partial charge in [-0.15, -0.1) is 0 Å². The number of allylic oxidation sites excluding steroid dienone is 2. The van der Waals surface area contributed by atoms with Crippen LogP contribution in [0.1, 0.15) is 34.1 Å². The molecular formula is C18H23NO2. The number of nitrogens with zero attached hydrogens (tertiary/aromatic N) is 1. The Morgan fingerprint density at radius 3 is 2.38 bits per heavy atom. The van der Waals surface area contributed by atoms with Crippen LogP contribution in [0.25, 0.3) is 0 Å². The normalized spacial score (nSPS) is 48.7. The summed E-state index contributed by atoms with van der Waals surface area (Å²) in [7, 11) is 0. The number of amides is 2. The van der Waals surface area contributed by atoms with E-state index in [0.717, 1.165) is 6.42 Å². The van der Waals surface area contributed by atoms with Crippen molar-refractivity contribution in [1.29, 1.82) is 0 Å². The lowest BCUT2D eigenvalue weighted by molar-refractivity contribution is -0.150. The minimum atomic E-state index is -0.524. The molecule has 4 bridgehead atoms. The first-order valence-corrected chi connectivity index (χ1v) is 8.04. The fourth-order valence-electron chi connectivity index (χ4n) is 5.05. The second-order valence-corrected chi connectivity index (χ2v) is 8.07. The second-order valence-electron chi connectivity index (χ2n) is 8.07. The summed E-state index contributed by atoms with van der Waals surface area (Å²) < 4.78 is 0. The van der Waals surface area contributed by atoms with E-state index in [1.807, 2.05) is 13.0 Å². The van der Waals surface area contributed by atoms with Crippen molar-refractivity contribution >= 4 is 11.8 Å². The van der Waals surface area contributed by atoms with Crippen molar-refractivity contribution in [2.24, 2.45) is 34.5 Å². The number of rotatable bonds is 1. The maximum absolute atomic E-state index is 13.1. The molecule has 3 nitrogen and oxygen atoms in total. The molecule has 4 aliphatic rings. The van der Waals surface area contributed by atoms with Gasteiger partial charge in [0.1, 0.15) is 0 Å². The maximum Gasteiger partial charge on any atom is 0.240 e. The van der Waals surface area contributed by atoms with Gasteiger partial charge >= 0.3 is 0 Å². The van der Waals surface area contributed by atoms with E-state index in [0.29, 0.717) is 17.8 Å². The molecule has 1 heterocycles. The average Bonchev–Trinajstić information content (AvgIpc) is 3.09. The number of carbonyl (C=O) groups is 2. The van der Waals surface area contributed by atoms with Crippen molar-refractivity contribution in [2.75, 3.05) is 0 Å². The van der Waals surface area contributed by atoms with Gasteiger partial charge in [0.05, 0.1) is 11.5 Å². The highest BCUT2D eigenvalue weighted by Gasteiger charge is 2.65. The monoisotopic (exact) mass is 285 g/mol. The van der Waals surface area contributed by atoms with Crippen LogP contribution in [-0.4, -0.2) is 22.8 Å². The standard InChI is InChI=1S/C18H23NO2/c1-10-11-5-6-12(9-11)14(10)15(20)19-13-7-8-18(4,16(19)21)17(13,2)3/h5-8,10-14H,9H2,1-4H3/t10-,11+,12-,13-,14+,18-/m0/s1. The Morgan fingerprint density at radius 1 is 1.19 bits per heavy atom. The van der Waals surface area contributed by atoms with Gasteiger partial charge in [-0.1, -0.05) is 45.1 Å². The summed E-state index contributed by atoms with van der Waals surface area (Å²) >= 11 is 0. The van der Waals surface area contributed by atoms with Crippen molar-refractivity contribution in [3.63, 3.8) is 0 Å². The summed E-state index contributed by atoms with van der Waals surface area (Å²) in [5.74, 6) is 1.29. The molecule has 0 aromatic carbocycles. The van der Waals surface area contributed by atoms with Crippen LogP contribution < -0.4 is 0 Å². The molecule has 2 fully saturated rings. The Balaban J connectivity index is 1.70. The minimum Gasteiger partial charge on any atom is -0.274 e. The van der Waals surface area contributed by atoms with Crippen LogP contribution in [0.5, 0.6) is 0 Å². The number of carbonyl (C=O) groups excluding carboxylic acids is 2. The van der Waals surface area contributed by atoms with Gasteiger partial charge in [0.2, 0.25) is 11.8 Å². The molecule has 1 saturated heterocycles. The lowest BCUT2D eigenvalue weighted by atomic mass is 9.70. The molecule has 0 aromatic heterocycles. The van der Waals surface area contributed by atoms with Crippen molar-refractivity contribution in [2.45, 2.75) is 40.2 Å². The molecule has 6 atom stereocenters. The van der Waals surface area contributed by atoms with Gasteiger partial charge in [-0.2, -0.15) is 0 Å². The Bertz CT molecular complexity index is 602. The molecule has 3 aliphatic carbocycles. The average molecular weight is 285 g/mol. The van der Waals surface area contributed by atoms with Gasteiger partial charge in [-0.3, -0.25) is 14.5 Å². The predicted octanol–water partition coefficient (Wildman–Crippen LogP) is 2.78. The van der Waals surface area contributed by atoms with E-state index in [9.17, 15) is 9.59 Å². The molecule has 4 rings (SSSR count). The lowest BCUT2D eigenvalue weighted by Crippen LogP contribution is -2.47. The van der Waals surface area contributed by atoms with Gasteiger partial charge < -0.3 is 0 Å². The quantitative estimate of drug-likeness (QED) is 0.549. The highest BCUT2D eigenvalue weighted by molar-refractivity contribution is 6.04. The maximum atomic E-state index is 13.1. The Morgan fingerprint density at radius 2 is 1.86 bits per heavy atom. The number of likely N-dealkylation sites (tertiary alicyclic amines) is 1.